The number of benzene rings is 1. The largest absolute Gasteiger partial charge is 0.497 e. The molecule has 132 valence electrons. The summed E-state index contributed by atoms with van der Waals surface area (Å²) < 4.78 is 10.0. The van der Waals surface area contributed by atoms with Crippen LogP contribution in [0.2, 0.25) is 0 Å². The minimum Gasteiger partial charge on any atom is -0.497 e. The van der Waals surface area contributed by atoms with Crippen molar-refractivity contribution in [2.24, 2.45) is 0 Å². The van der Waals surface area contributed by atoms with Crippen molar-refractivity contribution in [1.29, 1.82) is 0 Å². The smallest absolute Gasteiger partial charge is 0.331 e. The Morgan fingerprint density at radius 2 is 1.96 bits per heavy atom. The third-order valence-electron chi connectivity index (χ3n) is 3.51. The highest BCUT2D eigenvalue weighted by Gasteiger charge is 2.05. The van der Waals surface area contributed by atoms with E-state index < -0.39 is 5.97 Å². The van der Waals surface area contributed by atoms with Crippen LogP contribution in [0, 0.1) is 6.92 Å². The van der Waals surface area contributed by atoms with E-state index in [0.717, 1.165) is 21.8 Å². The molecule has 1 N–H and O–H groups in total. The molecule has 6 heteroatoms. The van der Waals surface area contributed by atoms with Gasteiger partial charge in [0.1, 0.15) is 5.75 Å². The van der Waals surface area contributed by atoms with Gasteiger partial charge >= 0.3 is 5.97 Å². The number of ether oxygens (including phenoxy) is 2. The van der Waals surface area contributed by atoms with Crippen LogP contribution >= 0.6 is 11.3 Å². The summed E-state index contributed by atoms with van der Waals surface area (Å²) in [6.07, 6.45) is 3.73. The van der Waals surface area contributed by atoms with Gasteiger partial charge in [-0.15, -0.1) is 11.3 Å². The summed E-state index contributed by atoms with van der Waals surface area (Å²) >= 11 is 1.55. The Labute approximate surface area is 151 Å². The van der Waals surface area contributed by atoms with E-state index in [9.17, 15) is 9.59 Å². The molecule has 5 nitrogen and oxygen atoms in total. The molecule has 0 atom stereocenters. The Bertz CT molecular complexity index is 734. The number of nitrogens with one attached hydrogen (secondary N) is 1. The summed E-state index contributed by atoms with van der Waals surface area (Å²) in [5, 5.41) is 4.68. The van der Waals surface area contributed by atoms with Gasteiger partial charge in [0.2, 0.25) is 0 Å². The van der Waals surface area contributed by atoms with Gasteiger partial charge in [0, 0.05) is 17.5 Å². The molecule has 1 aromatic carbocycles. The van der Waals surface area contributed by atoms with Gasteiger partial charge in [-0.25, -0.2) is 4.79 Å². The minimum absolute atomic E-state index is 0.283. The average molecular weight is 359 g/mol. The van der Waals surface area contributed by atoms with E-state index in [1.807, 2.05) is 42.6 Å². The fourth-order valence-corrected chi connectivity index (χ4v) is 2.89. The van der Waals surface area contributed by atoms with Crippen molar-refractivity contribution in [1.82, 2.24) is 5.32 Å². The molecule has 0 radical (unpaired) electrons. The first-order valence-corrected chi connectivity index (χ1v) is 8.75. The summed E-state index contributed by atoms with van der Waals surface area (Å²) in [4.78, 5) is 24.3. The molecule has 0 bridgehead atoms. The first kappa shape index (κ1) is 18.7. The normalized spacial score (nSPS) is 10.6. The molecule has 2 aromatic rings. The van der Waals surface area contributed by atoms with Crippen LogP contribution in [-0.4, -0.2) is 32.1 Å². The Kier molecular flexibility index (Phi) is 7.22. The highest BCUT2D eigenvalue weighted by Crippen LogP contribution is 2.17. The van der Waals surface area contributed by atoms with Crippen molar-refractivity contribution >= 4 is 29.3 Å². The third kappa shape index (κ3) is 6.43. The van der Waals surface area contributed by atoms with Crippen molar-refractivity contribution in [2.45, 2.75) is 13.3 Å². The van der Waals surface area contributed by atoms with Crippen LogP contribution in [0.25, 0.3) is 6.08 Å². The van der Waals surface area contributed by atoms with Crippen molar-refractivity contribution < 1.29 is 19.1 Å². The van der Waals surface area contributed by atoms with E-state index in [4.69, 9.17) is 9.47 Å². The topological polar surface area (TPSA) is 64.6 Å². The van der Waals surface area contributed by atoms with Crippen LogP contribution in [-0.2, 0) is 20.7 Å². The number of esters is 1. The zero-order chi connectivity index (χ0) is 18.1. The second-order valence-corrected chi connectivity index (χ2v) is 6.30. The Morgan fingerprint density at radius 1 is 1.20 bits per heavy atom. The summed E-state index contributed by atoms with van der Waals surface area (Å²) in [6.45, 7) is 2.17. The lowest BCUT2D eigenvalue weighted by Gasteiger charge is -2.06. The molecular formula is C19H21NO4S. The second-order valence-electron chi connectivity index (χ2n) is 5.36. The van der Waals surface area contributed by atoms with E-state index in [1.165, 1.54) is 6.08 Å². The molecule has 0 saturated carbocycles. The SMILES string of the molecule is COc1ccc(CCNC(=O)COC(=O)/C=C/c2sccc2C)cc1. The monoisotopic (exact) mass is 359 g/mol. The minimum atomic E-state index is -0.530. The van der Waals surface area contributed by atoms with Crippen LogP contribution in [0.15, 0.2) is 41.8 Å². The maximum atomic E-state index is 11.7. The standard InChI is InChI=1S/C19H21NO4S/c1-14-10-12-25-17(14)7-8-19(22)24-13-18(21)20-11-9-15-3-5-16(23-2)6-4-15/h3-8,10,12H,9,11,13H2,1-2H3,(H,20,21)/b8-7+. The van der Waals surface area contributed by atoms with Gasteiger partial charge in [0.05, 0.1) is 7.11 Å². The van der Waals surface area contributed by atoms with Crippen LogP contribution < -0.4 is 10.1 Å². The predicted molar refractivity (Wildman–Crippen MR) is 98.8 cm³/mol. The van der Waals surface area contributed by atoms with Crippen LogP contribution in [0.3, 0.4) is 0 Å². The van der Waals surface area contributed by atoms with Crippen molar-refractivity contribution in [3.63, 3.8) is 0 Å². The molecule has 0 spiro atoms. The van der Waals surface area contributed by atoms with Gasteiger partial charge in [-0.1, -0.05) is 12.1 Å². The number of hydrogen-bond acceptors (Lipinski definition) is 5. The number of amides is 1. The van der Waals surface area contributed by atoms with Gasteiger partial charge in [-0.2, -0.15) is 0 Å². The molecule has 0 fully saturated rings. The molecule has 1 amide bonds. The maximum absolute atomic E-state index is 11.7. The Hall–Kier alpha value is -2.60. The molecule has 25 heavy (non-hydrogen) atoms. The van der Waals surface area contributed by atoms with E-state index in [1.54, 1.807) is 24.5 Å². The lowest BCUT2D eigenvalue weighted by molar-refractivity contribution is -0.143. The summed E-state index contributed by atoms with van der Waals surface area (Å²) in [5.74, 6) is -0.0498. The van der Waals surface area contributed by atoms with Crippen LogP contribution in [0.1, 0.15) is 16.0 Å². The van der Waals surface area contributed by atoms with E-state index in [2.05, 4.69) is 5.32 Å². The van der Waals surface area contributed by atoms with Crippen molar-refractivity contribution in [3.8, 4) is 5.75 Å². The maximum Gasteiger partial charge on any atom is 0.331 e. The number of carbonyl (C=O) groups excluding carboxylic acids is 2. The zero-order valence-electron chi connectivity index (χ0n) is 14.3. The van der Waals surface area contributed by atoms with E-state index >= 15 is 0 Å². The van der Waals surface area contributed by atoms with Gasteiger partial charge in [-0.05, 0) is 54.1 Å². The lowest BCUT2D eigenvalue weighted by atomic mass is 10.1. The quantitative estimate of drug-likeness (QED) is 0.581. The molecule has 0 aliphatic heterocycles. The number of thiophene rings is 1. The molecule has 2 rings (SSSR count). The van der Waals surface area contributed by atoms with Crippen LogP contribution in [0.5, 0.6) is 5.75 Å². The highest BCUT2D eigenvalue weighted by molar-refractivity contribution is 7.11. The second kappa shape index (κ2) is 9.64. The molecule has 1 heterocycles. The van der Waals surface area contributed by atoms with Gasteiger partial charge in [-0.3, -0.25) is 4.79 Å². The number of methoxy groups -OCH3 is 1. The predicted octanol–water partition coefficient (Wildman–Crippen LogP) is 2.98. The van der Waals surface area contributed by atoms with E-state index in [0.29, 0.717) is 13.0 Å². The fraction of sp³-hybridized carbons (Fsp3) is 0.263. The first-order valence-electron chi connectivity index (χ1n) is 7.87. The van der Waals surface area contributed by atoms with Crippen molar-refractivity contribution in [2.75, 3.05) is 20.3 Å². The number of hydrogen-bond donors (Lipinski definition) is 1. The van der Waals surface area contributed by atoms with Crippen LogP contribution in [0.4, 0.5) is 0 Å². The molecule has 0 aliphatic carbocycles. The van der Waals surface area contributed by atoms with E-state index in [-0.39, 0.29) is 12.5 Å². The van der Waals surface area contributed by atoms with Crippen molar-refractivity contribution in [3.05, 3.63) is 57.8 Å². The molecule has 0 saturated heterocycles. The molecule has 1 aromatic heterocycles. The zero-order valence-corrected chi connectivity index (χ0v) is 15.1. The third-order valence-corrected chi connectivity index (χ3v) is 4.50. The fourth-order valence-electron chi connectivity index (χ4n) is 2.07. The Balaban J connectivity index is 1.65. The number of carbonyl (C=O) groups is 2. The van der Waals surface area contributed by atoms with Gasteiger partial charge in [0.15, 0.2) is 6.61 Å². The molecular weight excluding hydrogens is 338 g/mol. The van der Waals surface area contributed by atoms with Gasteiger partial charge < -0.3 is 14.8 Å². The Morgan fingerprint density at radius 3 is 2.60 bits per heavy atom. The summed E-state index contributed by atoms with van der Waals surface area (Å²) in [5.41, 5.74) is 2.19. The average Bonchev–Trinajstić information content (AvgIpc) is 3.03. The highest BCUT2D eigenvalue weighted by atomic mass is 32.1. The summed E-state index contributed by atoms with van der Waals surface area (Å²) in [7, 11) is 1.62. The number of aryl methyl sites for hydroxylation is 1. The molecule has 0 aliphatic rings. The first-order chi connectivity index (χ1) is 12.1. The number of rotatable bonds is 8. The lowest BCUT2D eigenvalue weighted by Crippen LogP contribution is -2.30. The summed E-state index contributed by atoms with van der Waals surface area (Å²) in [6, 6.07) is 9.62. The molecule has 0 unspecified atom stereocenters. The van der Waals surface area contributed by atoms with Gasteiger partial charge in [0.25, 0.3) is 5.91 Å².